The van der Waals surface area contributed by atoms with E-state index >= 15 is 0 Å². The molecule has 0 radical (unpaired) electrons. The van der Waals surface area contributed by atoms with Crippen molar-refractivity contribution in [3.63, 3.8) is 0 Å². The average molecular weight is 388 g/mol. The number of carbonyl (C=O) groups is 1. The Morgan fingerprint density at radius 1 is 1.22 bits per heavy atom. The molecule has 1 atom stereocenters. The molecule has 0 aliphatic rings. The van der Waals surface area contributed by atoms with Crippen molar-refractivity contribution in [1.29, 1.82) is 0 Å². The third-order valence-corrected chi connectivity index (χ3v) is 5.02. The van der Waals surface area contributed by atoms with Gasteiger partial charge >= 0.3 is 0 Å². The second-order valence-electron chi connectivity index (χ2n) is 6.19. The van der Waals surface area contributed by atoms with Crippen molar-refractivity contribution >= 4 is 17.2 Å². The summed E-state index contributed by atoms with van der Waals surface area (Å²) in [7, 11) is 3.95. The van der Waals surface area contributed by atoms with Gasteiger partial charge in [-0.25, -0.2) is 4.39 Å². The molecule has 1 N–H and O–H groups in total. The van der Waals surface area contributed by atoms with Crippen LogP contribution < -0.4 is 10.1 Å². The monoisotopic (exact) mass is 388 g/mol. The summed E-state index contributed by atoms with van der Waals surface area (Å²) in [4.78, 5) is 15.6. The highest BCUT2D eigenvalue weighted by Crippen LogP contribution is 2.22. The number of para-hydroxylation sites is 1. The van der Waals surface area contributed by atoms with Crippen molar-refractivity contribution < 1.29 is 18.3 Å². The molecule has 0 saturated heterocycles. The molecule has 2 heterocycles. The number of nitrogens with zero attached hydrogens (tertiary/aromatic N) is 1. The summed E-state index contributed by atoms with van der Waals surface area (Å²) in [5.41, 5.74) is 0. The van der Waals surface area contributed by atoms with Gasteiger partial charge in [0.2, 0.25) is 0 Å². The Labute approximate surface area is 161 Å². The maximum atomic E-state index is 13.6. The summed E-state index contributed by atoms with van der Waals surface area (Å²) in [5.74, 6) is 0.0576. The van der Waals surface area contributed by atoms with Crippen LogP contribution in [0.2, 0.25) is 0 Å². The number of amides is 1. The van der Waals surface area contributed by atoms with Crippen LogP contribution in [0.15, 0.2) is 58.3 Å². The van der Waals surface area contributed by atoms with Gasteiger partial charge in [-0.15, -0.1) is 11.3 Å². The van der Waals surface area contributed by atoms with Crippen LogP contribution in [0.4, 0.5) is 4.39 Å². The van der Waals surface area contributed by atoms with Gasteiger partial charge < -0.3 is 19.4 Å². The minimum atomic E-state index is -0.440. The number of hydrogen-bond acceptors (Lipinski definition) is 5. The van der Waals surface area contributed by atoms with E-state index in [0.29, 0.717) is 12.3 Å². The van der Waals surface area contributed by atoms with E-state index in [-0.39, 0.29) is 30.1 Å². The first-order valence-electron chi connectivity index (χ1n) is 8.48. The van der Waals surface area contributed by atoms with Gasteiger partial charge in [0.1, 0.15) is 12.4 Å². The highest BCUT2D eigenvalue weighted by Gasteiger charge is 2.18. The number of ether oxygens (including phenoxy) is 1. The summed E-state index contributed by atoms with van der Waals surface area (Å²) in [6.07, 6.45) is 0. The minimum Gasteiger partial charge on any atom is -0.483 e. The Kier molecular flexibility index (Phi) is 6.26. The second kappa shape index (κ2) is 8.83. The Bertz CT molecular complexity index is 877. The van der Waals surface area contributed by atoms with Gasteiger partial charge in [0.05, 0.1) is 6.04 Å². The average Bonchev–Trinajstić information content (AvgIpc) is 3.33. The van der Waals surface area contributed by atoms with Gasteiger partial charge in [0.25, 0.3) is 5.91 Å². The molecule has 2 aromatic heterocycles. The molecule has 27 heavy (non-hydrogen) atoms. The van der Waals surface area contributed by atoms with E-state index in [2.05, 4.69) is 10.2 Å². The lowest BCUT2D eigenvalue weighted by Gasteiger charge is -2.23. The van der Waals surface area contributed by atoms with Gasteiger partial charge in [-0.1, -0.05) is 18.2 Å². The molecule has 7 heteroatoms. The summed E-state index contributed by atoms with van der Waals surface area (Å²) in [5, 5.41) is 4.91. The van der Waals surface area contributed by atoms with Gasteiger partial charge in [0, 0.05) is 11.4 Å². The van der Waals surface area contributed by atoms with E-state index < -0.39 is 5.82 Å². The summed E-state index contributed by atoms with van der Waals surface area (Å²) in [6.45, 7) is 0.512. The second-order valence-corrected chi connectivity index (χ2v) is 7.17. The number of nitrogens with one attached hydrogen (secondary N) is 1. The standard InChI is InChI=1S/C20H21FN2O3S/c1-23(2)16(19-8-5-11-27-19)12-22-20(24)18-10-9-14(26-18)13-25-17-7-4-3-6-15(17)21/h3-11,16H,12-13H2,1-2H3,(H,22,24)/t16-/m1/s1. The number of halogens is 1. The molecule has 0 fully saturated rings. The van der Waals surface area contributed by atoms with Crippen LogP contribution in [0.25, 0.3) is 0 Å². The Hall–Kier alpha value is -2.64. The third-order valence-electron chi connectivity index (χ3n) is 4.04. The SMILES string of the molecule is CN(C)[C@H](CNC(=O)c1ccc(COc2ccccc2F)o1)c1cccs1. The van der Waals surface area contributed by atoms with Gasteiger partial charge in [-0.2, -0.15) is 0 Å². The van der Waals surface area contributed by atoms with Crippen molar-refractivity contribution in [1.82, 2.24) is 10.2 Å². The molecule has 0 aliphatic heterocycles. The quantitative estimate of drug-likeness (QED) is 0.631. The molecule has 1 aromatic carbocycles. The maximum Gasteiger partial charge on any atom is 0.287 e. The molecule has 0 saturated carbocycles. The fraction of sp³-hybridized carbons (Fsp3) is 0.250. The molecule has 0 aliphatic carbocycles. The maximum absolute atomic E-state index is 13.6. The molecule has 0 bridgehead atoms. The van der Waals surface area contributed by atoms with Crippen molar-refractivity contribution in [2.24, 2.45) is 0 Å². The van der Waals surface area contributed by atoms with Crippen molar-refractivity contribution in [2.75, 3.05) is 20.6 Å². The fourth-order valence-corrected chi connectivity index (χ4v) is 3.51. The number of furan rings is 1. The highest BCUT2D eigenvalue weighted by molar-refractivity contribution is 7.10. The lowest BCUT2D eigenvalue weighted by atomic mass is 10.2. The zero-order valence-electron chi connectivity index (χ0n) is 15.1. The first-order valence-corrected chi connectivity index (χ1v) is 9.36. The lowest BCUT2D eigenvalue weighted by Crippen LogP contribution is -2.34. The normalized spacial score (nSPS) is 12.1. The summed E-state index contributed by atoms with van der Waals surface area (Å²) >= 11 is 1.65. The number of rotatable bonds is 8. The van der Waals surface area contributed by atoms with Crippen LogP contribution >= 0.6 is 11.3 Å². The third kappa shape index (κ3) is 4.96. The molecule has 0 unspecified atom stereocenters. The molecular weight excluding hydrogens is 367 g/mol. The zero-order chi connectivity index (χ0) is 19.2. The van der Waals surface area contributed by atoms with E-state index in [1.807, 2.05) is 31.6 Å². The largest absolute Gasteiger partial charge is 0.483 e. The Balaban J connectivity index is 1.56. The fourth-order valence-electron chi connectivity index (χ4n) is 2.58. The molecule has 1 amide bonds. The molecule has 142 valence electrons. The number of hydrogen-bond donors (Lipinski definition) is 1. The lowest BCUT2D eigenvalue weighted by molar-refractivity contribution is 0.0910. The number of likely N-dealkylation sites (N-methyl/N-ethyl adjacent to an activating group) is 1. The highest BCUT2D eigenvalue weighted by atomic mass is 32.1. The number of carbonyl (C=O) groups excluding carboxylic acids is 1. The van der Waals surface area contributed by atoms with Crippen LogP contribution in [0.5, 0.6) is 5.75 Å². The van der Waals surface area contributed by atoms with Crippen molar-refractivity contribution in [3.8, 4) is 5.75 Å². The summed E-state index contributed by atoms with van der Waals surface area (Å²) < 4.78 is 24.5. The van der Waals surface area contributed by atoms with E-state index in [0.717, 1.165) is 0 Å². The Morgan fingerprint density at radius 2 is 2.04 bits per heavy atom. The van der Waals surface area contributed by atoms with Gasteiger partial charge in [-0.05, 0) is 49.8 Å². The minimum absolute atomic E-state index is 0.0454. The van der Waals surface area contributed by atoms with Crippen LogP contribution in [0.3, 0.4) is 0 Å². The topological polar surface area (TPSA) is 54.7 Å². The van der Waals surface area contributed by atoms with Crippen molar-refractivity contribution in [2.45, 2.75) is 12.6 Å². The predicted molar refractivity (Wildman–Crippen MR) is 103 cm³/mol. The van der Waals surface area contributed by atoms with E-state index in [9.17, 15) is 9.18 Å². The molecule has 3 rings (SSSR count). The molecule has 3 aromatic rings. The number of thiophene rings is 1. The van der Waals surface area contributed by atoms with Crippen molar-refractivity contribution in [3.05, 3.63) is 76.1 Å². The summed E-state index contributed by atoms with van der Waals surface area (Å²) in [6, 6.07) is 13.5. The molecule has 5 nitrogen and oxygen atoms in total. The first kappa shape index (κ1) is 19.1. The first-order chi connectivity index (χ1) is 13.0. The Morgan fingerprint density at radius 3 is 2.74 bits per heavy atom. The van der Waals surface area contributed by atoms with E-state index in [1.54, 1.807) is 35.6 Å². The van der Waals surface area contributed by atoms with E-state index in [1.165, 1.54) is 17.0 Å². The van der Waals surface area contributed by atoms with Crippen LogP contribution in [-0.4, -0.2) is 31.4 Å². The zero-order valence-corrected chi connectivity index (χ0v) is 16.0. The van der Waals surface area contributed by atoms with Crippen LogP contribution in [0.1, 0.15) is 27.2 Å². The predicted octanol–water partition coefficient (Wildman–Crippen LogP) is 4.09. The van der Waals surface area contributed by atoms with Gasteiger partial charge in [0.15, 0.2) is 17.3 Å². The van der Waals surface area contributed by atoms with Gasteiger partial charge in [-0.3, -0.25) is 4.79 Å². The number of benzene rings is 1. The van der Waals surface area contributed by atoms with Crippen LogP contribution in [-0.2, 0) is 6.61 Å². The molecule has 0 spiro atoms. The van der Waals surface area contributed by atoms with Crippen LogP contribution in [0, 0.1) is 5.82 Å². The van der Waals surface area contributed by atoms with E-state index in [4.69, 9.17) is 9.15 Å². The smallest absolute Gasteiger partial charge is 0.287 e. The molecular formula is C20H21FN2O3S.